The fourth-order valence-corrected chi connectivity index (χ4v) is 0.902. The van der Waals surface area contributed by atoms with Crippen molar-refractivity contribution in [3.8, 4) is 0 Å². The third-order valence-electron chi connectivity index (χ3n) is 1.65. The van der Waals surface area contributed by atoms with Crippen LogP contribution in [0.3, 0.4) is 0 Å². The molecule has 0 bridgehead atoms. The largest absolute Gasteiger partial charge is 0.468 e. The molecule has 1 atom stereocenters. The van der Waals surface area contributed by atoms with E-state index in [-0.39, 0.29) is 6.54 Å². The summed E-state index contributed by atoms with van der Waals surface area (Å²) in [4.78, 5) is 21.9. The van der Waals surface area contributed by atoms with Gasteiger partial charge < -0.3 is 9.47 Å². The van der Waals surface area contributed by atoms with Crippen LogP contribution in [0.15, 0.2) is 0 Å². The number of nitrogens with zero attached hydrogens (tertiary/aromatic N) is 1. The Balaban J connectivity index is 2.38. The van der Waals surface area contributed by atoms with Gasteiger partial charge in [0.1, 0.15) is 6.04 Å². The number of hydrogen-bond acceptors (Lipinski definition) is 7. The quantitative estimate of drug-likeness (QED) is 0.431. The summed E-state index contributed by atoms with van der Waals surface area (Å²) in [6.07, 6.45) is -0.610. The van der Waals surface area contributed by atoms with E-state index in [9.17, 15) is 9.59 Å². The van der Waals surface area contributed by atoms with Crippen molar-refractivity contribution in [3.63, 3.8) is 0 Å². The molecule has 0 aromatic carbocycles. The number of carbonyl (C=O) groups is 2. The second-order valence-corrected chi connectivity index (χ2v) is 2.50. The van der Waals surface area contributed by atoms with E-state index in [1.807, 2.05) is 0 Å². The third-order valence-corrected chi connectivity index (χ3v) is 1.65. The van der Waals surface area contributed by atoms with Crippen LogP contribution < -0.4 is 16.4 Å². The highest BCUT2D eigenvalue weighted by molar-refractivity contribution is 5.76. The highest BCUT2D eigenvalue weighted by Gasteiger charge is 2.27. The molecule has 1 amide bonds. The first-order valence-electron chi connectivity index (χ1n) is 3.89. The molecule has 80 valence electrons. The van der Waals surface area contributed by atoms with Crippen LogP contribution in [0, 0.1) is 0 Å². The number of nitrogens with one attached hydrogen (secondary N) is 3. The molecule has 14 heavy (non-hydrogen) atoms. The van der Waals surface area contributed by atoms with E-state index in [0.717, 1.165) is 5.12 Å². The lowest BCUT2D eigenvalue weighted by atomic mass is 10.3. The molecule has 1 heterocycles. The fourth-order valence-electron chi connectivity index (χ4n) is 0.902. The summed E-state index contributed by atoms with van der Waals surface area (Å²) >= 11 is 0. The van der Waals surface area contributed by atoms with Crippen molar-refractivity contribution in [1.29, 1.82) is 0 Å². The first-order valence-corrected chi connectivity index (χ1v) is 3.89. The minimum absolute atomic E-state index is 0.231. The topological polar surface area (TPSA) is 91.9 Å². The second kappa shape index (κ2) is 4.74. The molecule has 1 aliphatic rings. The highest BCUT2D eigenvalue weighted by Crippen LogP contribution is 1.92. The van der Waals surface area contributed by atoms with Crippen LogP contribution in [0.4, 0.5) is 4.79 Å². The molecule has 3 N–H and O–H groups in total. The summed E-state index contributed by atoms with van der Waals surface area (Å²) in [5, 5.41) is 0.986. The van der Waals surface area contributed by atoms with Gasteiger partial charge in [0.05, 0.1) is 14.2 Å². The van der Waals surface area contributed by atoms with E-state index < -0.39 is 18.1 Å². The smallest absolute Gasteiger partial charge is 0.440 e. The maximum absolute atomic E-state index is 11.0. The van der Waals surface area contributed by atoms with E-state index in [1.165, 1.54) is 14.2 Å². The van der Waals surface area contributed by atoms with Crippen LogP contribution in [0.25, 0.3) is 0 Å². The van der Waals surface area contributed by atoms with Gasteiger partial charge in [-0.3, -0.25) is 4.79 Å². The van der Waals surface area contributed by atoms with Gasteiger partial charge in [0, 0.05) is 6.54 Å². The first-order chi connectivity index (χ1) is 6.69. The summed E-state index contributed by atoms with van der Waals surface area (Å²) in [6.45, 7) is 0.231. The number of amides is 1. The second-order valence-electron chi connectivity index (χ2n) is 2.50. The number of carbonyl (C=O) groups excluding carboxylic acids is 2. The molecule has 1 saturated heterocycles. The number of hydrazine groups is 3. The average Bonchev–Trinajstić information content (AvgIpc) is 2.27. The van der Waals surface area contributed by atoms with Crippen molar-refractivity contribution in [2.75, 3.05) is 20.8 Å². The van der Waals surface area contributed by atoms with Gasteiger partial charge in [0.25, 0.3) is 0 Å². The van der Waals surface area contributed by atoms with E-state index in [2.05, 4.69) is 25.9 Å². The summed E-state index contributed by atoms with van der Waals surface area (Å²) < 4.78 is 8.91. The summed E-state index contributed by atoms with van der Waals surface area (Å²) in [7, 11) is 2.54. The molecule has 8 heteroatoms. The van der Waals surface area contributed by atoms with Crippen LogP contribution in [0.2, 0.25) is 0 Å². The highest BCUT2D eigenvalue weighted by atomic mass is 16.6. The van der Waals surface area contributed by atoms with E-state index in [1.54, 1.807) is 0 Å². The van der Waals surface area contributed by atoms with Gasteiger partial charge >= 0.3 is 12.1 Å². The first kappa shape index (κ1) is 10.7. The lowest BCUT2D eigenvalue weighted by Crippen LogP contribution is -2.68. The Morgan fingerprint density at radius 1 is 1.36 bits per heavy atom. The normalized spacial score (nSPS) is 21.6. The minimum atomic E-state index is -0.610. The van der Waals surface area contributed by atoms with Crippen molar-refractivity contribution in [1.82, 2.24) is 21.5 Å². The lowest BCUT2D eigenvalue weighted by Gasteiger charge is -2.31. The molecular weight excluding hydrogens is 192 g/mol. The predicted octanol–water partition coefficient (Wildman–Crippen LogP) is -1.88. The number of hydrogen-bond donors (Lipinski definition) is 3. The van der Waals surface area contributed by atoms with Crippen LogP contribution in [0.5, 0.6) is 0 Å². The monoisotopic (exact) mass is 204 g/mol. The predicted molar refractivity (Wildman–Crippen MR) is 44.3 cm³/mol. The van der Waals surface area contributed by atoms with Crippen LogP contribution >= 0.6 is 0 Å². The molecule has 0 spiro atoms. The Kier molecular flexibility index (Phi) is 3.63. The van der Waals surface area contributed by atoms with Gasteiger partial charge in [-0.25, -0.2) is 15.6 Å². The Hall–Kier alpha value is -1.38. The van der Waals surface area contributed by atoms with Gasteiger partial charge in [-0.05, 0) is 0 Å². The Morgan fingerprint density at radius 3 is 2.50 bits per heavy atom. The molecule has 1 rings (SSSR count). The molecule has 0 aromatic rings. The van der Waals surface area contributed by atoms with Crippen molar-refractivity contribution < 1.29 is 19.1 Å². The zero-order valence-electron chi connectivity index (χ0n) is 7.86. The maximum Gasteiger partial charge on any atom is 0.440 e. The van der Waals surface area contributed by atoms with Crippen LogP contribution in [-0.4, -0.2) is 44.0 Å². The van der Waals surface area contributed by atoms with Gasteiger partial charge in [-0.1, -0.05) is 0 Å². The maximum atomic E-state index is 11.0. The average molecular weight is 204 g/mol. The van der Waals surface area contributed by atoms with Crippen molar-refractivity contribution in [3.05, 3.63) is 0 Å². The molecule has 0 radical (unpaired) electrons. The van der Waals surface area contributed by atoms with E-state index in [4.69, 9.17) is 0 Å². The number of methoxy groups -OCH3 is 2. The zero-order valence-corrected chi connectivity index (χ0v) is 7.86. The Bertz CT molecular complexity index is 202. The zero-order chi connectivity index (χ0) is 10.6. The Labute approximate surface area is 80.4 Å². The molecule has 8 nitrogen and oxygen atoms in total. The minimum Gasteiger partial charge on any atom is -0.468 e. The van der Waals surface area contributed by atoms with E-state index in [0.29, 0.717) is 0 Å². The van der Waals surface area contributed by atoms with Crippen molar-refractivity contribution in [2.45, 2.75) is 6.04 Å². The summed E-state index contributed by atoms with van der Waals surface area (Å²) in [5.41, 5.74) is 7.62. The molecule has 1 unspecified atom stereocenters. The van der Waals surface area contributed by atoms with Gasteiger partial charge in [-0.15, -0.1) is 5.53 Å². The standard InChI is InChI=1S/C6H12N4O4/c1-13-5(11)4-3-7-10(9-8-4)6(12)14-2/h4,7-9H,3H2,1-2H3. The van der Waals surface area contributed by atoms with Crippen molar-refractivity contribution >= 4 is 12.1 Å². The molecule has 0 aromatic heterocycles. The van der Waals surface area contributed by atoms with Gasteiger partial charge in [0.2, 0.25) is 0 Å². The molecule has 0 saturated carbocycles. The Morgan fingerprint density at radius 2 is 2.07 bits per heavy atom. The van der Waals surface area contributed by atoms with Crippen LogP contribution in [0.1, 0.15) is 0 Å². The van der Waals surface area contributed by atoms with E-state index >= 15 is 0 Å². The third kappa shape index (κ3) is 2.31. The van der Waals surface area contributed by atoms with Crippen molar-refractivity contribution in [2.24, 2.45) is 0 Å². The number of esters is 1. The lowest BCUT2D eigenvalue weighted by molar-refractivity contribution is -0.145. The van der Waals surface area contributed by atoms with Gasteiger partial charge in [-0.2, -0.15) is 5.12 Å². The van der Waals surface area contributed by atoms with Crippen LogP contribution in [-0.2, 0) is 14.3 Å². The SMILES string of the molecule is COC(=O)C1CNN(C(=O)OC)NN1. The summed E-state index contributed by atoms with van der Waals surface area (Å²) in [6, 6.07) is -0.541. The summed E-state index contributed by atoms with van der Waals surface area (Å²) in [5.74, 6) is -0.422. The molecule has 1 fully saturated rings. The number of rotatable bonds is 1. The molecular formula is C6H12N4O4. The molecule has 1 aliphatic heterocycles. The number of ether oxygens (including phenoxy) is 2. The molecule has 0 aliphatic carbocycles. The van der Waals surface area contributed by atoms with Gasteiger partial charge in [0.15, 0.2) is 0 Å². The fraction of sp³-hybridized carbons (Fsp3) is 0.667.